The molecule has 2 N–H and O–H groups in total. The van der Waals surface area contributed by atoms with Gasteiger partial charge in [0.15, 0.2) is 6.10 Å². The van der Waals surface area contributed by atoms with Gasteiger partial charge in [-0.1, -0.05) is 35.3 Å². The molecule has 0 saturated carbocycles. The van der Waals surface area contributed by atoms with E-state index in [-0.39, 0.29) is 21.2 Å². The van der Waals surface area contributed by atoms with E-state index < -0.39 is 17.9 Å². The summed E-state index contributed by atoms with van der Waals surface area (Å²) in [7, 11) is 0. The number of hydrogen-bond donors (Lipinski definition) is 2. The molecule has 0 aliphatic heterocycles. The normalized spacial score (nSPS) is 12.2. The Kier molecular flexibility index (Phi) is 4.28. The lowest BCUT2D eigenvalue weighted by Gasteiger charge is -2.14. The quantitative estimate of drug-likeness (QED) is 0.902. The zero-order valence-corrected chi connectivity index (χ0v) is 11.5. The van der Waals surface area contributed by atoms with Crippen LogP contribution in [0.25, 0.3) is 11.1 Å². The smallest absolute Gasteiger partial charge is 0.337 e. The van der Waals surface area contributed by atoms with Crippen LogP contribution in [0, 0.1) is 5.82 Å². The second-order valence-corrected chi connectivity index (χ2v) is 4.98. The van der Waals surface area contributed by atoms with Gasteiger partial charge in [0.25, 0.3) is 0 Å². The number of carbonyl (C=O) groups is 1. The molecule has 0 spiro atoms. The van der Waals surface area contributed by atoms with Crippen LogP contribution in [0.4, 0.5) is 4.39 Å². The van der Waals surface area contributed by atoms with Crippen molar-refractivity contribution in [2.24, 2.45) is 0 Å². The van der Waals surface area contributed by atoms with Gasteiger partial charge in [0, 0.05) is 21.2 Å². The van der Waals surface area contributed by atoms with Gasteiger partial charge in [0.05, 0.1) is 0 Å². The number of aliphatic hydroxyl groups excluding tert-OH is 1. The van der Waals surface area contributed by atoms with Crippen molar-refractivity contribution in [3.8, 4) is 11.1 Å². The molecule has 6 heteroatoms. The molecule has 2 rings (SSSR count). The number of carboxylic acids is 1. The zero-order chi connectivity index (χ0) is 14.9. The lowest BCUT2D eigenvalue weighted by Crippen LogP contribution is -2.12. The largest absolute Gasteiger partial charge is 0.479 e. The van der Waals surface area contributed by atoms with Gasteiger partial charge in [-0.2, -0.15) is 0 Å². The Bertz CT molecular complexity index is 653. The van der Waals surface area contributed by atoms with Crippen LogP contribution in [0.2, 0.25) is 10.0 Å². The van der Waals surface area contributed by atoms with E-state index in [1.165, 1.54) is 36.4 Å². The van der Waals surface area contributed by atoms with Crippen LogP contribution in [0.5, 0.6) is 0 Å². The van der Waals surface area contributed by atoms with Crippen LogP contribution in [-0.4, -0.2) is 16.2 Å². The van der Waals surface area contributed by atoms with Gasteiger partial charge in [-0.25, -0.2) is 9.18 Å². The maximum Gasteiger partial charge on any atom is 0.337 e. The number of aliphatic carboxylic acids is 1. The highest BCUT2D eigenvalue weighted by Gasteiger charge is 2.22. The molecule has 20 heavy (non-hydrogen) atoms. The monoisotopic (exact) mass is 314 g/mol. The fourth-order valence-corrected chi connectivity index (χ4v) is 2.43. The predicted octanol–water partition coefficient (Wildman–Crippen LogP) is 3.92. The van der Waals surface area contributed by atoms with Crippen LogP contribution >= 0.6 is 23.2 Å². The zero-order valence-electron chi connectivity index (χ0n) is 9.98. The molecule has 0 bridgehead atoms. The number of carboxylic acid groups (broad SMARTS) is 1. The lowest BCUT2D eigenvalue weighted by molar-refractivity contribution is -0.146. The molecule has 0 amide bonds. The van der Waals surface area contributed by atoms with E-state index in [1.54, 1.807) is 0 Å². The van der Waals surface area contributed by atoms with Crippen LogP contribution in [0.15, 0.2) is 36.4 Å². The van der Waals surface area contributed by atoms with Crippen molar-refractivity contribution in [3.63, 3.8) is 0 Å². The summed E-state index contributed by atoms with van der Waals surface area (Å²) in [5, 5.41) is 19.1. The van der Waals surface area contributed by atoms with Crippen LogP contribution in [0.3, 0.4) is 0 Å². The highest BCUT2D eigenvalue weighted by atomic mass is 35.5. The van der Waals surface area contributed by atoms with Crippen molar-refractivity contribution in [3.05, 3.63) is 57.8 Å². The summed E-state index contributed by atoms with van der Waals surface area (Å²) in [6, 6.07) is 8.20. The fourth-order valence-electron chi connectivity index (χ4n) is 1.90. The Balaban J connectivity index is 2.69. The van der Waals surface area contributed by atoms with Crippen LogP contribution in [-0.2, 0) is 4.79 Å². The van der Waals surface area contributed by atoms with Gasteiger partial charge >= 0.3 is 5.97 Å². The minimum Gasteiger partial charge on any atom is -0.479 e. The van der Waals surface area contributed by atoms with E-state index in [0.717, 1.165) is 0 Å². The third-order valence-electron chi connectivity index (χ3n) is 2.73. The molecule has 2 aromatic rings. The SMILES string of the molecule is O=C(O)C(O)c1cccc(F)c1-c1cc(Cl)cc(Cl)c1. The fraction of sp³-hybridized carbons (Fsp3) is 0.0714. The lowest BCUT2D eigenvalue weighted by atomic mass is 9.95. The highest BCUT2D eigenvalue weighted by Crippen LogP contribution is 2.34. The minimum atomic E-state index is -1.83. The van der Waals surface area contributed by atoms with E-state index in [2.05, 4.69) is 0 Å². The summed E-state index contributed by atoms with van der Waals surface area (Å²) >= 11 is 11.7. The molecule has 0 saturated heterocycles. The van der Waals surface area contributed by atoms with Gasteiger partial charge < -0.3 is 10.2 Å². The van der Waals surface area contributed by atoms with Gasteiger partial charge in [0.1, 0.15) is 5.82 Å². The van der Waals surface area contributed by atoms with Crippen molar-refractivity contribution < 1.29 is 19.4 Å². The molecule has 0 aromatic heterocycles. The molecule has 1 atom stereocenters. The first-order valence-corrected chi connectivity index (χ1v) is 6.31. The summed E-state index contributed by atoms with van der Waals surface area (Å²) in [6.45, 7) is 0. The Labute approximate surface area is 124 Å². The van der Waals surface area contributed by atoms with Gasteiger partial charge in [-0.05, 0) is 29.8 Å². The van der Waals surface area contributed by atoms with Gasteiger partial charge in [-0.15, -0.1) is 0 Å². The van der Waals surface area contributed by atoms with E-state index in [1.807, 2.05) is 0 Å². The summed E-state index contributed by atoms with van der Waals surface area (Å²) in [6.07, 6.45) is -1.83. The second kappa shape index (κ2) is 5.79. The molecular formula is C14H9Cl2FO3. The summed E-state index contributed by atoms with van der Waals surface area (Å²) in [5.74, 6) is -2.13. The Morgan fingerprint density at radius 3 is 2.30 bits per heavy atom. The van der Waals surface area contributed by atoms with E-state index in [9.17, 15) is 14.3 Å². The molecule has 1 unspecified atom stereocenters. The molecule has 0 radical (unpaired) electrons. The summed E-state index contributed by atoms with van der Waals surface area (Å²) in [4.78, 5) is 10.9. The number of halogens is 3. The molecule has 0 heterocycles. The average molecular weight is 315 g/mol. The third kappa shape index (κ3) is 2.93. The Morgan fingerprint density at radius 1 is 1.15 bits per heavy atom. The van der Waals surface area contributed by atoms with Crippen molar-refractivity contribution in [2.75, 3.05) is 0 Å². The van der Waals surface area contributed by atoms with E-state index in [0.29, 0.717) is 5.56 Å². The number of rotatable bonds is 3. The van der Waals surface area contributed by atoms with Crippen molar-refractivity contribution >= 4 is 29.2 Å². The minimum absolute atomic E-state index is 0.0354. The van der Waals surface area contributed by atoms with Crippen molar-refractivity contribution in [2.45, 2.75) is 6.10 Å². The molecule has 0 fully saturated rings. The molecular weight excluding hydrogens is 306 g/mol. The van der Waals surface area contributed by atoms with Crippen LogP contribution in [0.1, 0.15) is 11.7 Å². The Morgan fingerprint density at radius 2 is 1.75 bits per heavy atom. The molecule has 2 aromatic carbocycles. The topological polar surface area (TPSA) is 57.5 Å². The summed E-state index contributed by atoms with van der Waals surface area (Å²) < 4.78 is 14.0. The van der Waals surface area contributed by atoms with Gasteiger partial charge in [-0.3, -0.25) is 0 Å². The predicted molar refractivity (Wildman–Crippen MR) is 74.5 cm³/mol. The Hall–Kier alpha value is -1.62. The number of benzene rings is 2. The first kappa shape index (κ1) is 14.8. The average Bonchev–Trinajstić information content (AvgIpc) is 2.36. The number of hydrogen-bond acceptors (Lipinski definition) is 2. The molecule has 0 aliphatic carbocycles. The highest BCUT2D eigenvalue weighted by molar-refractivity contribution is 6.35. The van der Waals surface area contributed by atoms with E-state index in [4.69, 9.17) is 28.3 Å². The molecule has 0 aliphatic rings. The maximum atomic E-state index is 14.0. The van der Waals surface area contributed by atoms with Crippen molar-refractivity contribution in [1.82, 2.24) is 0 Å². The van der Waals surface area contributed by atoms with Gasteiger partial charge in [0.2, 0.25) is 0 Å². The number of aliphatic hydroxyl groups is 1. The van der Waals surface area contributed by atoms with Crippen molar-refractivity contribution in [1.29, 1.82) is 0 Å². The molecule has 104 valence electrons. The molecule has 3 nitrogen and oxygen atoms in total. The summed E-state index contributed by atoms with van der Waals surface area (Å²) in [5.41, 5.74) is 0.207. The first-order chi connectivity index (χ1) is 9.40. The maximum absolute atomic E-state index is 14.0. The first-order valence-electron chi connectivity index (χ1n) is 5.56. The third-order valence-corrected chi connectivity index (χ3v) is 3.16. The standard InChI is InChI=1S/C14H9Cl2FO3/c15-8-4-7(5-9(16)6-8)12-10(13(18)14(19)20)2-1-3-11(12)17/h1-6,13,18H,(H,19,20). The second-order valence-electron chi connectivity index (χ2n) is 4.10. The van der Waals surface area contributed by atoms with Crippen LogP contribution < -0.4 is 0 Å². The van der Waals surface area contributed by atoms with E-state index >= 15 is 0 Å².